The van der Waals surface area contributed by atoms with Crippen LogP contribution in [0.3, 0.4) is 0 Å². The van der Waals surface area contributed by atoms with Crippen molar-refractivity contribution >= 4 is 23.6 Å². The molecule has 3 atom stereocenters. The molecule has 2 amide bonds. The summed E-state index contributed by atoms with van der Waals surface area (Å²) in [4.78, 5) is 26.1. The van der Waals surface area contributed by atoms with Crippen LogP contribution in [0, 0.1) is 18.8 Å². The number of fused-ring (bicyclic) bond motifs is 1. The number of nitrogens with one attached hydrogen (secondary N) is 1. The van der Waals surface area contributed by atoms with Gasteiger partial charge in [-0.15, -0.1) is 0 Å². The molecule has 2 fully saturated rings. The first kappa shape index (κ1) is 19.0. The molecule has 0 radical (unpaired) electrons. The van der Waals surface area contributed by atoms with Crippen LogP contribution in [0.5, 0.6) is 0 Å². The van der Waals surface area contributed by atoms with E-state index in [-0.39, 0.29) is 17.2 Å². The van der Waals surface area contributed by atoms with Crippen molar-refractivity contribution in [2.75, 3.05) is 26.7 Å². The zero-order valence-electron chi connectivity index (χ0n) is 15.7. The number of benzene rings is 1. The Bertz CT molecular complexity index is 708. The number of aryl methyl sites for hydroxylation is 1. The fraction of sp³-hybridized carbons (Fsp3) is 0.600. The van der Waals surface area contributed by atoms with Gasteiger partial charge in [-0.25, -0.2) is 4.79 Å². The molecule has 5 nitrogen and oxygen atoms in total. The molecule has 1 aliphatic carbocycles. The molecule has 142 valence electrons. The number of ether oxygens (including phenoxy) is 1. The molecule has 0 aromatic heterocycles. The molecule has 6 heteroatoms. The second-order valence-electron chi connectivity index (χ2n) is 7.53. The van der Waals surface area contributed by atoms with Crippen molar-refractivity contribution in [3.05, 3.63) is 34.3 Å². The Labute approximate surface area is 160 Å². The van der Waals surface area contributed by atoms with Crippen LogP contribution in [-0.4, -0.2) is 43.6 Å². The van der Waals surface area contributed by atoms with E-state index in [4.69, 9.17) is 11.6 Å². The number of likely N-dealkylation sites (tertiary alicyclic amines) is 1. The minimum atomic E-state index is -0.493. The molecule has 1 aromatic carbocycles. The number of hydrogen-bond acceptors (Lipinski definition) is 3. The van der Waals surface area contributed by atoms with Gasteiger partial charge in [0.25, 0.3) is 0 Å². The molecule has 1 aliphatic heterocycles. The average Bonchev–Trinajstić information content (AvgIpc) is 3.38. The monoisotopic (exact) mass is 378 g/mol. The van der Waals surface area contributed by atoms with E-state index in [9.17, 15) is 9.59 Å². The van der Waals surface area contributed by atoms with Crippen molar-refractivity contribution in [3.63, 3.8) is 0 Å². The molecular weight excluding hydrogens is 352 g/mol. The molecular formula is C20H27ClN2O3. The highest BCUT2D eigenvalue weighted by Gasteiger charge is 2.58. The van der Waals surface area contributed by atoms with Gasteiger partial charge in [-0.2, -0.15) is 0 Å². The molecule has 26 heavy (non-hydrogen) atoms. The largest absolute Gasteiger partial charge is 0.453 e. The summed E-state index contributed by atoms with van der Waals surface area (Å²) in [7, 11) is 1.33. The smallest absolute Gasteiger partial charge is 0.406 e. The van der Waals surface area contributed by atoms with Crippen LogP contribution in [0.4, 0.5) is 4.79 Å². The number of amides is 2. The number of rotatable bonds is 5. The lowest BCUT2D eigenvalue weighted by Crippen LogP contribution is -2.46. The molecule has 1 N–H and O–H groups in total. The van der Waals surface area contributed by atoms with Crippen molar-refractivity contribution in [2.24, 2.45) is 11.8 Å². The van der Waals surface area contributed by atoms with Crippen LogP contribution >= 0.6 is 11.6 Å². The SMILES string of the molecule is CCC(CNC(=O)OC)C(=O)N1CCC2(c3ccc(C)c(Cl)c3)CC2C1. The summed E-state index contributed by atoms with van der Waals surface area (Å²) in [5.74, 6) is 0.436. The summed E-state index contributed by atoms with van der Waals surface area (Å²) in [5.41, 5.74) is 2.60. The maximum atomic E-state index is 12.8. The zero-order chi connectivity index (χ0) is 18.9. The lowest BCUT2D eigenvalue weighted by Gasteiger charge is -2.34. The van der Waals surface area contributed by atoms with E-state index in [2.05, 4.69) is 28.3 Å². The van der Waals surface area contributed by atoms with E-state index in [0.717, 1.165) is 36.5 Å². The summed E-state index contributed by atoms with van der Waals surface area (Å²) in [5, 5.41) is 3.47. The first-order valence-electron chi connectivity index (χ1n) is 9.28. The topological polar surface area (TPSA) is 58.6 Å². The van der Waals surface area contributed by atoms with Crippen molar-refractivity contribution in [2.45, 2.75) is 38.5 Å². The van der Waals surface area contributed by atoms with Crippen molar-refractivity contribution in [1.82, 2.24) is 10.2 Å². The van der Waals surface area contributed by atoms with Crippen molar-refractivity contribution in [1.29, 1.82) is 0 Å². The van der Waals surface area contributed by atoms with Gasteiger partial charge >= 0.3 is 6.09 Å². The number of carbonyl (C=O) groups excluding carboxylic acids is 2. The highest BCUT2D eigenvalue weighted by atomic mass is 35.5. The Morgan fingerprint density at radius 3 is 2.85 bits per heavy atom. The number of hydrogen-bond donors (Lipinski definition) is 1. The quantitative estimate of drug-likeness (QED) is 0.852. The Balaban J connectivity index is 1.62. The van der Waals surface area contributed by atoms with Gasteiger partial charge in [0.15, 0.2) is 0 Å². The van der Waals surface area contributed by atoms with E-state index < -0.39 is 6.09 Å². The van der Waals surface area contributed by atoms with Crippen LogP contribution < -0.4 is 5.32 Å². The summed E-state index contributed by atoms with van der Waals surface area (Å²) in [6.07, 6.45) is 2.30. The molecule has 3 rings (SSSR count). The second-order valence-corrected chi connectivity index (χ2v) is 7.94. The van der Waals surface area contributed by atoms with Crippen LogP contribution in [0.25, 0.3) is 0 Å². The van der Waals surface area contributed by atoms with Gasteiger partial charge in [0.05, 0.1) is 13.0 Å². The van der Waals surface area contributed by atoms with E-state index >= 15 is 0 Å². The Hall–Kier alpha value is -1.75. The molecule has 2 aliphatic rings. The third-order valence-electron chi connectivity index (χ3n) is 6.08. The molecule has 0 bridgehead atoms. The Morgan fingerprint density at radius 1 is 1.46 bits per heavy atom. The predicted molar refractivity (Wildman–Crippen MR) is 101 cm³/mol. The number of carbonyl (C=O) groups is 2. The molecule has 0 spiro atoms. The maximum absolute atomic E-state index is 12.8. The number of piperidine rings is 1. The van der Waals surface area contributed by atoms with Gasteiger partial charge in [-0.05, 0) is 49.3 Å². The standard InChI is InChI=1S/C20H27ClN2O3/c1-4-14(11-22-19(25)26-3)18(24)23-8-7-20(10-16(20)12-23)15-6-5-13(2)17(21)9-15/h5-6,9,14,16H,4,7-8,10-12H2,1-3H3,(H,22,25). The highest BCUT2D eigenvalue weighted by molar-refractivity contribution is 6.31. The minimum Gasteiger partial charge on any atom is -0.453 e. The summed E-state index contributed by atoms with van der Waals surface area (Å²) < 4.78 is 4.59. The first-order valence-corrected chi connectivity index (χ1v) is 9.66. The fourth-order valence-electron chi connectivity index (χ4n) is 4.16. The van der Waals surface area contributed by atoms with Crippen LogP contribution in [0.1, 0.15) is 37.3 Å². The van der Waals surface area contributed by atoms with Gasteiger partial charge in [-0.3, -0.25) is 4.79 Å². The molecule has 1 aromatic rings. The van der Waals surface area contributed by atoms with E-state index in [1.54, 1.807) is 0 Å². The number of methoxy groups -OCH3 is 1. The Morgan fingerprint density at radius 2 is 2.23 bits per heavy atom. The molecule has 1 saturated carbocycles. The van der Waals surface area contributed by atoms with Gasteiger partial charge in [-0.1, -0.05) is 30.7 Å². The normalized spacial score (nSPS) is 25.2. The number of halogens is 1. The zero-order valence-corrected chi connectivity index (χ0v) is 16.4. The maximum Gasteiger partial charge on any atom is 0.406 e. The van der Waals surface area contributed by atoms with Crippen molar-refractivity contribution in [3.8, 4) is 0 Å². The van der Waals surface area contributed by atoms with Crippen LogP contribution in [0.15, 0.2) is 18.2 Å². The average molecular weight is 379 g/mol. The van der Waals surface area contributed by atoms with Crippen LogP contribution in [0.2, 0.25) is 5.02 Å². The van der Waals surface area contributed by atoms with Gasteiger partial charge in [0.1, 0.15) is 0 Å². The highest BCUT2D eigenvalue weighted by Crippen LogP contribution is 2.59. The van der Waals surface area contributed by atoms with E-state index in [1.165, 1.54) is 12.7 Å². The Kier molecular flexibility index (Phi) is 5.47. The summed E-state index contributed by atoms with van der Waals surface area (Å²) >= 11 is 6.32. The van der Waals surface area contributed by atoms with E-state index in [1.807, 2.05) is 18.7 Å². The van der Waals surface area contributed by atoms with Crippen molar-refractivity contribution < 1.29 is 14.3 Å². The summed E-state index contributed by atoms with van der Waals surface area (Å²) in [6.45, 7) is 5.86. The first-order chi connectivity index (χ1) is 12.4. The third-order valence-corrected chi connectivity index (χ3v) is 6.49. The van der Waals surface area contributed by atoms with E-state index in [0.29, 0.717) is 18.9 Å². The second kappa shape index (κ2) is 7.47. The summed E-state index contributed by atoms with van der Waals surface area (Å²) in [6, 6.07) is 6.38. The lowest BCUT2D eigenvalue weighted by molar-refractivity contribution is -0.136. The lowest BCUT2D eigenvalue weighted by atomic mass is 9.86. The molecule has 1 heterocycles. The predicted octanol–water partition coefficient (Wildman–Crippen LogP) is 3.52. The van der Waals surface area contributed by atoms with Gasteiger partial charge in [0, 0.05) is 30.1 Å². The third kappa shape index (κ3) is 3.54. The molecule has 3 unspecified atom stereocenters. The minimum absolute atomic E-state index is 0.131. The fourth-order valence-corrected chi connectivity index (χ4v) is 4.34. The van der Waals surface area contributed by atoms with Crippen LogP contribution in [-0.2, 0) is 14.9 Å². The van der Waals surface area contributed by atoms with Gasteiger partial charge < -0.3 is 15.0 Å². The molecule has 1 saturated heterocycles. The van der Waals surface area contributed by atoms with Gasteiger partial charge in [0.2, 0.25) is 5.91 Å². The number of nitrogens with zero attached hydrogens (tertiary/aromatic N) is 1. The number of alkyl carbamates (subject to hydrolysis) is 1.